The van der Waals surface area contributed by atoms with Gasteiger partial charge in [-0.1, -0.05) is 60.7 Å². The molecular formula is C24H30N4O2. The molecule has 0 spiro atoms. The first-order valence-electron chi connectivity index (χ1n) is 10.3. The smallest absolute Gasteiger partial charge is 0.410 e. The SMILES string of the molecule is CC(C)(C)OC(=O)N1CCC(N/N=C(\C(=N)c2ccccc2)c2ccccc2)CC1. The third kappa shape index (κ3) is 5.92. The lowest BCUT2D eigenvalue weighted by Crippen LogP contribution is -2.45. The fourth-order valence-electron chi connectivity index (χ4n) is 3.28. The van der Waals surface area contributed by atoms with Crippen LogP contribution in [-0.4, -0.2) is 47.1 Å². The molecule has 0 radical (unpaired) electrons. The van der Waals surface area contributed by atoms with Crippen LogP contribution < -0.4 is 5.43 Å². The van der Waals surface area contributed by atoms with Gasteiger partial charge in [0, 0.05) is 30.3 Å². The Bertz CT molecular complexity index is 880. The third-order valence-electron chi connectivity index (χ3n) is 4.85. The molecule has 1 amide bonds. The molecular weight excluding hydrogens is 376 g/mol. The summed E-state index contributed by atoms with van der Waals surface area (Å²) in [6, 6.07) is 19.5. The number of carbonyl (C=O) groups is 1. The van der Waals surface area contributed by atoms with Crippen molar-refractivity contribution in [1.82, 2.24) is 10.3 Å². The molecule has 1 fully saturated rings. The zero-order chi connectivity index (χ0) is 21.6. The molecule has 30 heavy (non-hydrogen) atoms. The highest BCUT2D eigenvalue weighted by Gasteiger charge is 2.27. The molecule has 0 aromatic heterocycles. The van der Waals surface area contributed by atoms with Gasteiger partial charge in [0.15, 0.2) is 0 Å². The van der Waals surface area contributed by atoms with E-state index in [9.17, 15) is 4.79 Å². The van der Waals surface area contributed by atoms with Gasteiger partial charge in [0.25, 0.3) is 0 Å². The molecule has 0 unspecified atom stereocenters. The van der Waals surface area contributed by atoms with Gasteiger partial charge in [-0.25, -0.2) is 4.79 Å². The molecule has 0 aliphatic carbocycles. The van der Waals surface area contributed by atoms with E-state index in [1.165, 1.54) is 0 Å². The first-order chi connectivity index (χ1) is 14.3. The summed E-state index contributed by atoms with van der Waals surface area (Å²) in [5.74, 6) is 0. The van der Waals surface area contributed by atoms with Crippen LogP contribution in [0, 0.1) is 5.41 Å². The van der Waals surface area contributed by atoms with Crippen LogP contribution in [0.2, 0.25) is 0 Å². The molecule has 158 valence electrons. The zero-order valence-electron chi connectivity index (χ0n) is 17.9. The van der Waals surface area contributed by atoms with Gasteiger partial charge in [-0.05, 0) is 33.6 Å². The minimum Gasteiger partial charge on any atom is -0.444 e. The molecule has 1 heterocycles. The molecule has 0 saturated carbocycles. The van der Waals surface area contributed by atoms with E-state index in [0.717, 1.165) is 24.0 Å². The number of nitrogens with zero attached hydrogens (tertiary/aromatic N) is 2. The van der Waals surface area contributed by atoms with Crippen molar-refractivity contribution < 1.29 is 9.53 Å². The number of nitrogens with one attached hydrogen (secondary N) is 2. The summed E-state index contributed by atoms with van der Waals surface area (Å²) >= 11 is 0. The van der Waals surface area contributed by atoms with Gasteiger partial charge in [-0.2, -0.15) is 5.10 Å². The number of piperidine rings is 1. The summed E-state index contributed by atoms with van der Waals surface area (Å²) < 4.78 is 5.46. The van der Waals surface area contributed by atoms with Crippen molar-refractivity contribution in [3.05, 3.63) is 71.8 Å². The molecule has 0 bridgehead atoms. The van der Waals surface area contributed by atoms with E-state index in [-0.39, 0.29) is 12.1 Å². The van der Waals surface area contributed by atoms with E-state index in [4.69, 9.17) is 10.1 Å². The lowest BCUT2D eigenvalue weighted by atomic mass is 10.00. The molecule has 1 saturated heterocycles. The largest absolute Gasteiger partial charge is 0.444 e. The Morgan fingerprint density at radius 3 is 2.07 bits per heavy atom. The molecule has 6 nitrogen and oxygen atoms in total. The van der Waals surface area contributed by atoms with Crippen molar-refractivity contribution in [3.8, 4) is 0 Å². The van der Waals surface area contributed by atoms with Gasteiger partial charge in [-0.15, -0.1) is 0 Å². The van der Waals surface area contributed by atoms with Gasteiger partial charge in [-0.3, -0.25) is 5.41 Å². The second kappa shape index (κ2) is 9.57. The quantitative estimate of drug-likeness (QED) is 0.569. The Kier molecular flexibility index (Phi) is 6.87. The highest BCUT2D eigenvalue weighted by atomic mass is 16.6. The molecule has 2 aromatic carbocycles. The van der Waals surface area contributed by atoms with Crippen LogP contribution in [0.3, 0.4) is 0 Å². The number of likely N-dealkylation sites (tertiary alicyclic amines) is 1. The van der Waals surface area contributed by atoms with E-state index in [2.05, 4.69) is 10.5 Å². The summed E-state index contributed by atoms with van der Waals surface area (Å²) in [5, 5.41) is 13.3. The Hall–Kier alpha value is -3.15. The molecule has 0 atom stereocenters. The lowest BCUT2D eigenvalue weighted by Gasteiger charge is -2.33. The number of hydrazone groups is 1. The van der Waals surface area contributed by atoms with Crippen LogP contribution >= 0.6 is 0 Å². The minimum absolute atomic E-state index is 0.144. The maximum atomic E-state index is 12.2. The standard InChI is InChI=1S/C24H30N4O2/c1-24(2,3)30-23(29)28-16-14-20(15-17-28)26-27-22(19-12-8-5-9-13-19)21(25)18-10-6-4-7-11-18/h4-13,20,25-26H,14-17H2,1-3H3/b25-21?,27-22-. The van der Waals surface area contributed by atoms with Gasteiger partial charge >= 0.3 is 6.09 Å². The fourth-order valence-corrected chi connectivity index (χ4v) is 3.28. The van der Waals surface area contributed by atoms with Crippen molar-refractivity contribution in [3.63, 3.8) is 0 Å². The summed E-state index contributed by atoms with van der Waals surface area (Å²) in [7, 11) is 0. The second-order valence-electron chi connectivity index (χ2n) is 8.44. The van der Waals surface area contributed by atoms with E-state index in [0.29, 0.717) is 24.5 Å². The number of ether oxygens (including phenoxy) is 1. The number of benzene rings is 2. The van der Waals surface area contributed by atoms with Crippen LogP contribution in [0.15, 0.2) is 65.8 Å². The summed E-state index contributed by atoms with van der Waals surface area (Å²) in [6.45, 7) is 6.87. The first kappa shape index (κ1) is 21.6. The highest BCUT2D eigenvalue weighted by molar-refractivity contribution is 6.52. The van der Waals surface area contributed by atoms with Crippen molar-refractivity contribution >= 4 is 17.5 Å². The summed E-state index contributed by atoms with van der Waals surface area (Å²) in [4.78, 5) is 14.0. The van der Waals surface area contributed by atoms with Gasteiger partial charge in [0.05, 0.1) is 5.71 Å². The molecule has 1 aliphatic rings. The summed E-state index contributed by atoms with van der Waals surface area (Å²) in [6.07, 6.45) is 1.30. The van der Waals surface area contributed by atoms with Crippen LogP contribution in [0.1, 0.15) is 44.7 Å². The average molecular weight is 407 g/mol. The number of rotatable bonds is 5. The van der Waals surface area contributed by atoms with Crippen LogP contribution in [-0.2, 0) is 4.74 Å². The van der Waals surface area contributed by atoms with Gasteiger partial charge in [0.2, 0.25) is 0 Å². The van der Waals surface area contributed by atoms with Crippen LogP contribution in [0.5, 0.6) is 0 Å². The van der Waals surface area contributed by atoms with Crippen LogP contribution in [0.4, 0.5) is 4.79 Å². The average Bonchev–Trinajstić information content (AvgIpc) is 2.74. The molecule has 1 aliphatic heterocycles. The Labute approximate surface area is 178 Å². The number of carbonyl (C=O) groups excluding carboxylic acids is 1. The fraction of sp³-hybridized carbons (Fsp3) is 0.375. The number of hydrogen-bond donors (Lipinski definition) is 2. The monoisotopic (exact) mass is 406 g/mol. The number of amides is 1. The number of hydrogen-bond acceptors (Lipinski definition) is 5. The molecule has 3 rings (SSSR count). The van der Waals surface area contributed by atoms with E-state index in [1.54, 1.807) is 4.90 Å². The third-order valence-corrected chi connectivity index (χ3v) is 4.85. The second-order valence-corrected chi connectivity index (χ2v) is 8.44. The van der Waals surface area contributed by atoms with Crippen molar-refractivity contribution in [2.24, 2.45) is 5.10 Å². The van der Waals surface area contributed by atoms with Crippen molar-refractivity contribution in [1.29, 1.82) is 5.41 Å². The highest BCUT2D eigenvalue weighted by Crippen LogP contribution is 2.16. The Morgan fingerprint density at radius 1 is 1.00 bits per heavy atom. The predicted molar refractivity (Wildman–Crippen MR) is 120 cm³/mol. The zero-order valence-corrected chi connectivity index (χ0v) is 17.9. The first-order valence-corrected chi connectivity index (χ1v) is 10.3. The minimum atomic E-state index is -0.487. The van der Waals surface area contributed by atoms with E-state index in [1.807, 2.05) is 81.4 Å². The Balaban J connectivity index is 1.67. The maximum Gasteiger partial charge on any atom is 0.410 e. The molecule has 2 N–H and O–H groups in total. The van der Waals surface area contributed by atoms with Gasteiger partial charge in [0.1, 0.15) is 11.3 Å². The van der Waals surface area contributed by atoms with E-state index < -0.39 is 5.60 Å². The van der Waals surface area contributed by atoms with Gasteiger partial charge < -0.3 is 15.1 Å². The molecule has 2 aromatic rings. The Morgan fingerprint density at radius 2 is 1.53 bits per heavy atom. The van der Waals surface area contributed by atoms with E-state index >= 15 is 0 Å². The van der Waals surface area contributed by atoms with Crippen molar-refractivity contribution in [2.75, 3.05) is 13.1 Å². The lowest BCUT2D eigenvalue weighted by molar-refractivity contribution is 0.0198. The normalized spacial score (nSPS) is 15.6. The van der Waals surface area contributed by atoms with Crippen molar-refractivity contribution in [2.45, 2.75) is 45.3 Å². The molecule has 6 heteroatoms. The summed E-state index contributed by atoms with van der Waals surface area (Å²) in [5.41, 5.74) is 5.46. The predicted octanol–water partition coefficient (Wildman–Crippen LogP) is 4.45. The maximum absolute atomic E-state index is 12.2. The van der Waals surface area contributed by atoms with Crippen LogP contribution in [0.25, 0.3) is 0 Å². The topological polar surface area (TPSA) is 77.8 Å².